The molecule has 0 saturated carbocycles. The third-order valence-electron chi connectivity index (χ3n) is 1.38. The van der Waals surface area contributed by atoms with E-state index >= 15 is 0 Å². The van der Waals surface area contributed by atoms with Crippen molar-refractivity contribution in [1.82, 2.24) is 0 Å². The summed E-state index contributed by atoms with van der Waals surface area (Å²) in [4.78, 5) is 0. The zero-order chi connectivity index (χ0) is 11.8. The Hall–Kier alpha value is -0.750. The zero-order valence-electron chi connectivity index (χ0n) is 7.14. The predicted octanol–water partition coefficient (Wildman–Crippen LogP) is 5.52. The summed E-state index contributed by atoms with van der Waals surface area (Å²) in [5, 5.41) is -2.12. The van der Waals surface area contributed by atoms with Crippen LogP contribution in [-0.2, 0) is 0 Å². The van der Waals surface area contributed by atoms with Crippen LogP contribution in [-0.4, -0.2) is 0 Å². The van der Waals surface area contributed by atoms with Gasteiger partial charge in [-0.1, -0.05) is 61.4 Å². The summed E-state index contributed by atoms with van der Waals surface area (Å²) in [6.07, 6.45) is 0. The molecule has 0 fully saturated rings. The van der Waals surface area contributed by atoms with Gasteiger partial charge in [-0.3, -0.25) is 0 Å². The fraction of sp³-hybridized carbons (Fsp3) is 0. The maximum Gasteiger partial charge on any atom is 0.305 e. The Balaban J connectivity index is 3.18. The molecular formula is C8H6ClF5S. The Morgan fingerprint density at radius 1 is 1.00 bits per heavy atom. The van der Waals surface area contributed by atoms with Gasteiger partial charge >= 0.3 is 10.2 Å². The molecule has 0 heterocycles. The minimum atomic E-state index is -9.59. The van der Waals surface area contributed by atoms with E-state index in [2.05, 4.69) is 0 Å². The monoisotopic (exact) mass is 264 g/mol. The molecule has 7 heteroatoms. The van der Waals surface area contributed by atoms with Crippen LogP contribution < -0.4 is 0 Å². The molecule has 0 spiro atoms. The van der Waals surface area contributed by atoms with Gasteiger partial charge in [0.15, 0.2) is 0 Å². The quantitative estimate of drug-likeness (QED) is 0.617. The maximum absolute atomic E-state index is 12.0. The highest BCUT2D eigenvalue weighted by atomic mass is 35.5. The van der Waals surface area contributed by atoms with Gasteiger partial charge < -0.3 is 0 Å². The van der Waals surface area contributed by atoms with E-state index in [4.69, 9.17) is 11.6 Å². The number of rotatable bonds is 2. The van der Waals surface area contributed by atoms with E-state index in [-0.39, 0.29) is 5.56 Å². The molecule has 0 nitrogen and oxygen atoms in total. The van der Waals surface area contributed by atoms with Crippen molar-refractivity contribution in [3.63, 3.8) is 0 Å². The standard InChI is InChI=1S/C8H6ClF5S/c9-8(6-15(10,11,12,13)14)7-4-2-1-3-5-7/h1-6H/b8-6+. The van der Waals surface area contributed by atoms with Crippen LogP contribution in [0.2, 0.25) is 0 Å². The lowest BCUT2D eigenvalue weighted by atomic mass is 10.2. The van der Waals surface area contributed by atoms with Gasteiger partial charge in [0.25, 0.3) is 0 Å². The topological polar surface area (TPSA) is 0 Å². The lowest BCUT2D eigenvalue weighted by molar-refractivity contribution is 0.385. The largest absolute Gasteiger partial charge is 0.305 e. The highest BCUT2D eigenvalue weighted by Crippen LogP contribution is 2.99. The average Bonchev–Trinajstić information content (AvgIpc) is 2.00. The second-order valence-corrected chi connectivity index (χ2v) is 5.56. The van der Waals surface area contributed by atoms with Crippen molar-refractivity contribution in [1.29, 1.82) is 0 Å². The van der Waals surface area contributed by atoms with Crippen LogP contribution >= 0.6 is 21.8 Å². The third-order valence-corrected chi connectivity index (χ3v) is 2.51. The molecule has 0 atom stereocenters. The molecule has 15 heavy (non-hydrogen) atoms. The van der Waals surface area contributed by atoms with Crippen LogP contribution in [0.25, 0.3) is 5.03 Å². The van der Waals surface area contributed by atoms with E-state index < -0.39 is 20.7 Å². The molecule has 86 valence electrons. The lowest BCUT2D eigenvalue weighted by Crippen LogP contribution is -2.00. The molecule has 0 saturated heterocycles. The molecule has 1 aromatic rings. The molecule has 0 aliphatic carbocycles. The molecular weight excluding hydrogens is 259 g/mol. The maximum atomic E-state index is 12.0. The van der Waals surface area contributed by atoms with Crippen molar-refractivity contribution in [3.8, 4) is 0 Å². The molecule has 0 bridgehead atoms. The van der Waals surface area contributed by atoms with Gasteiger partial charge in [0.05, 0.1) is 10.4 Å². The van der Waals surface area contributed by atoms with E-state index in [9.17, 15) is 19.4 Å². The highest BCUT2D eigenvalue weighted by molar-refractivity contribution is 8.48. The Labute approximate surface area is 88.1 Å². The first-order valence-electron chi connectivity index (χ1n) is 3.65. The Morgan fingerprint density at radius 3 is 1.87 bits per heavy atom. The van der Waals surface area contributed by atoms with Crippen molar-refractivity contribution in [2.24, 2.45) is 0 Å². The molecule has 1 rings (SSSR count). The number of benzene rings is 1. The fourth-order valence-corrected chi connectivity index (χ4v) is 2.02. The smallest absolute Gasteiger partial charge is 0.0941 e. The van der Waals surface area contributed by atoms with E-state index in [1.165, 1.54) is 30.3 Å². The lowest BCUT2D eigenvalue weighted by Gasteiger charge is -2.37. The summed E-state index contributed by atoms with van der Waals surface area (Å²) in [5.74, 6) is 0. The molecule has 0 aliphatic rings. The second-order valence-electron chi connectivity index (χ2n) is 2.86. The van der Waals surface area contributed by atoms with Crippen LogP contribution in [0.3, 0.4) is 0 Å². The van der Waals surface area contributed by atoms with Crippen molar-refractivity contribution < 1.29 is 19.4 Å². The minimum Gasteiger partial charge on any atom is -0.0941 e. The first-order valence-corrected chi connectivity index (χ1v) is 6.04. The van der Waals surface area contributed by atoms with Crippen molar-refractivity contribution in [2.45, 2.75) is 0 Å². The van der Waals surface area contributed by atoms with Gasteiger partial charge in [-0.25, -0.2) is 0 Å². The normalized spacial score (nSPS) is 18.1. The molecule has 0 amide bonds. The summed E-state index contributed by atoms with van der Waals surface area (Å²) < 4.78 is 60.0. The summed E-state index contributed by atoms with van der Waals surface area (Å²) in [6, 6.07) is 6.76. The zero-order valence-corrected chi connectivity index (χ0v) is 8.71. The number of halogens is 6. The van der Waals surface area contributed by atoms with Crippen LogP contribution in [0.5, 0.6) is 0 Å². The fourth-order valence-electron chi connectivity index (χ4n) is 0.861. The summed E-state index contributed by atoms with van der Waals surface area (Å²) >= 11 is 5.16. The van der Waals surface area contributed by atoms with Gasteiger partial charge in [-0.05, 0) is 5.56 Å². The summed E-state index contributed by atoms with van der Waals surface area (Å²) in [7, 11) is -9.59. The van der Waals surface area contributed by atoms with Crippen molar-refractivity contribution in [2.75, 3.05) is 0 Å². The van der Waals surface area contributed by atoms with Gasteiger partial charge in [0, 0.05) is 0 Å². The van der Waals surface area contributed by atoms with Gasteiger partial charge in [-0.2, -0.15) is 0 Å². The Kier molecular flexibility index (Phi) is 2.37. The Bertz CT molecular complexity index is 393. The first kappa shape index (κ1) is 12.3. The van der Waals surface area contributed by atoms with E-state index in [0.29, 0.717) is 0 Å². The average molecular weight is 265 g/mol. The molecule has 0 radical (unpaired) electrons. The molecule has 0 unspecified atom stereocenters. The van der Waals surface area contributed by atoms with Crippen molar-refractivity contribution in [3.05, 3.63) is 41.3 Å². The molecule has 0 N–H and O–H groups in total. The van der Waals surface area contributed by atoms with Crippen LogP contribution in [0.15, 0.2) is 35.7 Å². The van der Waals surface area contributed by atoms with Gasteiger partial charge in [0.1, 0.15) is 0 Å². The summed E-state index contributed by atoms with van der Waals surface area (Å²) in [6.45, 7) is 0. The van der Waals surface area contributed by atoms with Crippen LogP contribution in [0, 0.1) is 0 Å². The summed E-state index contributed by atoms with van der Waals surface area (Å²) in [5.41, 5.74) is -0.104. The molecule has 0 aliphatic heterocycles. The van der Waals surface area contributed by atoms with Crippen molar-refractivity contribution >= 4 is 26.9 Å². The number of hydrogen-bond acceptors (Lipinski definition) is 0. The molecule has 0 aromatic heterocycles. The third kappa shape index (κ3) is 5.03. The second kappa shape index (κ2) is 2.89. The molecule has 1 aromatic carbocycles. The van der Waals surface area contributed by atoms with E-state index in [1.807, 2.05) is 0 Å². The van der Waals surface area contributed by atoms with E-state index in [1.54, 1.807) is 0 Å². The predicted molar refractivity (Wildman–Crippen MR) is 53.4 cm³/mol. The van der Waals surface area contributed by atoms with Crippen LogP contribution in [0.4, 0.5) is 19.4 Å². The van der Waals surface area contributed by atoms with Gasteiger partial charge in [-0.15, -0.1) is 0 Å². The van der Waals surface area contributed by atoms with Gasteiger partial charge in [0.2, 0.25) is 0 Å². The van der Waals surface area contributed by atoms with Crippen LogP contribution in [0.1, 0.15) is 5.56 Å². The minimum absolute atomic E-state index is 0.104. The van der Waals surface area contributed by atoms with E-state index in [0.717, 1.165) is 0 Å². The number of hydrogen-bond donors (Lipinski definition) is 0. The first-order chi connectivity index (χ1) is 6.47. The highest BCUT2D eigenvalue weighted by Gasteiger charge is 2.61. The Morgan fingerprint density at radius 2 is 1.47 bits per heavy atom. The SMILES string of the molecule is FS(F)(F)(F)(F)/C=C(/Cl)c1ccccc1.